The maximum Gasteiger partial charge on any atom is 0.128 e. The maximum absolute atomic E-state index is 14.1. The van der Waals surface area contributed by atoms with E-state index in [1.165, 1.54) is 6.07 Å². The van der Waals surface area contributed by atoms with Crippen molar-refractivity contribution >= 4 is 0 Å². The normalized spacial score (nSPS) is 21.6. The molecule has 6 heteroatoms. The summed E-state index contributed by atoms with van der Waals surface area (Å²) in [6.07, 6.45) is 1.43. The molecule has 0 amide bonds. The van der Waals surface area contributed by atoms with Crippen LogP contribution in [0, 0.1) is 11.6 Å². The van der Waals surface area contributed by atoms with Gasteiger partial charge in [-0.05, 0) is 30.7 Å². The lowest BCUT2D eigenvalue weighted by molar-refractivity contribution is 0.172. The van der Waals surface area contributed by atoms with Crippen molar-refractivity contribution in [2.45, 2.75) is 25.1 Å². The quantitative estimate of drug-likeness (QED) is 0.941. The van der Waals surface area contributed by atoms with Crippen LogP contribution in [0.3, 0.4) is 0 Å². The molecule has 2 aromatic rings. The predicted molar refractivity (Wildman–Crippen MR) is 80.9 cm³/mol. The Hall–Kier alpha value is -2.05. The maximum atomic E-state index is 14.1. The fourth-order valence-corrected chi connectivity index (χ4v) is 3.03. The molecule has 3 rings (SSSR count). The van der Waals surface area contributed by atoms with Gasteiger partial charge in [-0.25, -0.2) is 8.78 Å². The van der Waals surface area contributed by atoms with Crippen LogP contribution < -0.4 is 4.74 Å². The third-order valence-electron chi connectivity index (χ3n) is 4.09. The highest BCUT2D eigenvalue weighted by Gasteiger charge is 2.34. The smallest absolute Gasteiger partial charge is 0.128 e. The summed E-state index contributed by atoms with van der Waals surface area (Å²) in [7, 11) is 1.57. The molecule has 1 N–H and O–H groups in total. The molecule has 0 radical (unpaired) electrons. The summed E-state index contributed by atoms with van der Waals surface area (Å²) >= 11 is 0. The highest BCUT2D eigenvalue weighted by molar-refractivity contribution is 5.25. The summed E-state index contributed by atoms with van der Waals surface area (Å²) in [5.41, 5.74) is 1.02. The Morgan fingerprint density at radius 3 is 2.91 bits per heavy atom. The number of aliphatic hydroxyl groups excluding tert-OH is 1. The van der Waals surface area contributed by atoms with Crippen molar-refractivity contribution in [1.29, 1.82) is 0 Å². The Bertz CT molecular complexity index is 696. The molecule has 0 bridgehead atoms. The molecule has 122 valence electrons. The first-order chi connectivity index (χ1) is 11.1. The van der Waals surface area contributed by atoms with E-state index in [1.54, 1.807) is 25.4 Å². The predicted octanol–water partition coefficient (Wildman–Crippen LogP) is 2.68. The van der Waals surface area contributed by atoms with E-state index in [2.05, 4.69) is 4.98 Å². The first kappa shape index (κ1) is 15.8. The Morgan fingerprint density at radius 2 is 2.13 bits per heavy atom. The molecule has 23 heavy (non-hydrogen) atoms. The zero-order valence-electron chi connectivity index (χ0n) is 12.7. The van der Waals surface area contributed by atoms with Crippen molar-refractivity contribution < 1.29 is 18.6 Å². The molecule has 0 saturated carbocycles. The van der Waals surface area contributed by atoms with Gasteiger partial charge in [-0.3, -0.25) is 9.88 Å². The van der Waals surface area contributed by atoms with Crippen LogP contribution in [0.25, 0.3) is 0 Å². The van der Waals surface area contributed by atoms with Gasteiger partial charge in [0, 0.05) is 37.0 Å². The second-order valence-electron chi connectivity index (χ2n) is 5.69. The third-order valence-corrected chi connectivity index (χ3v) is 4.09. The molecule has 1 saturated heterocycles. The number of nitrogens with zero attached hydrogens (tertiary/aromatic N) is 2. The standard InChI is InChI=1S/C17H18F2N2O2/c1-23-14-4-5-20-12(7-14)9-21-10-13(22)8-17(21)15-6-11(18)2-3-16(15)19/h2-7,13,17,22H,8-10H2,1H3/t13-,17+/m1/s1. The number of methoxy groups -OCH3 is 1. The van der Waals surface area contributed by atoms with Gasteiger partial charge in [0.05, 0.1) is 18.9 Å². The summed E-state index contributed by atoms with van der Waals surface area (Å²) in [5, 5.41) is 9.97. The average molecular weight is 320 g/mol. The number of rotatable bonds is 4. The average Bonchev–Trinajstić information content (AvgIpc) is 2.90. The Morgan fingerprint density at radius 1 is 1.30 bits per heavy atom. The molecule has 2 atom stereocenters. The van der Waals surface area contributed by atoms with E-state index in [0.29, 0.717) is 25.3 Å². The van der Waals surface area contributed by atoms with Gasteiger partial charge in [-0.1, -0.05) is 0 Å². The van der Waals surface area contributed by atoms with Crippen molar-refractivity contribution in [3.05, 3.63) is 59.4 Å². The number of pyridine rings is 1. The van der Waals surface area contributed by atoms with Crippen LogP contribution in [-0.2, 0) is 6.54 Å². The van der Waals surface area contributed by atoms with E-state index in [9.17, 15) is 13.9 Å². The lowest BCUT2D eigenvalue weighted by Crippen LogP contribution is -2.25. The van der Waals surface area contributed by atoms with Crippen molar-refractivity contribution in [3.63, 3.8) is 0 Å². The van der Waals surface area contributed by atoms with Gasteiger partial charge in [0.1, 0.15) is 17.4 Å². The Balaban J connectivity index is 1.86. The number of hydrogen-bond acceptors (Lipinski definition) is 4. The molecule has 2 heterocycles. The molecular formula is C17H18F2N2O2. The number of benzene rings is 1. The van der Waals surface area contributed by atoms with Crippen LogP contribution in [0.4, 0.5) is 8.78 Å². The minimum Gasteiger partial charge on any atom is -0.497 e. The van der Waals surface area contributed by atoms with Gasteiger partial charge in [-0.2, -0.15) is 0 Å². The summed E-state index contributed by atoms with van der Waals surface area (Å²) in [6, 6.07) is 6.57. The highest BCUT2D eigenvalue weighted by atomic mass is 19.1. The van der Waals surface area contributed by atoms with Gasteiger partial charge < -0.3 is 9.84 Å². The molecule has 1 aromatic heterocycles. The number of aliphatic hydroxyl groups is 1. The van der Waals surface area contributed by atoms with Gasteiger partial charge >= 0.3 is 0 Å². The number of likely N-dealkylation sites (tertiary alicyclic amines) is 1. The first-order valence-electron chi connectivity index (χ1n) is 7.43. The van der Waals surface area contributed by atoms with Gasteiger partial charge in [0.25, 0.3) is 0 Å². The molecule has 1 aliphatic heterocycles. The topological polar surface area (TPSA) is 45.6 Å². The number of hydrogen-bond donors (Lipinski definition) is 1. The van der Waals surface area contributed by atoms with Crippen LogP contribution >= 0.6 is 0 Å². The van der Waals surface area contributed by atoms with E-state index >= 15 is 0 Å². The van der Waals surface area contributed by atoms with Crippen molar-refractivity contribution in [3.8, 4) is 5.75 Å². The zero-order valence-corrected chi connectivity index (χ0v) is 12.7. The summed E-state index contributed by atoms with van der Waals surface area (Å²) in [6.45, 7) is 0.814. The van der Waals surface area contributed by atoms with Gasteiger partial charge in [0.15, 0.2) is 0 Å². The number of β-amino-alcohol motifs (C(OH)–C–C–N with tert-alkyl or cyclic N) is 1. The Kier molecular flexibility index (Phi) is 4.54. The van der Waals surface area contributed by atoms with E-state index in [-0.39, 0.29) is 11.6 Å². The SMILES string of the molecule is COc1ccnc(CN2C[C@H](O)C[C@H]2c2cc(F)ccc2F)c1. The number of ether oxygens (including phenoxy) is 1. The van der Waals surface area contributed by atoms with Crippen LogP contribution in [0.2, 0.25) is 0 Å². The lowest BCUT2D eigenvalue weighted by atomic mass is 10.0. The fourth-order valence-electron chi connectivity index (χ4n) is 3.03. The largest absolute Gasteiger partial charge is 0.497 e. The second kappa shape index (κ2) is 6.60. The molecule has 1 aromatic carbocycles. The highest BCUT2D eigenvalue weighted by Crippen LogP contribution is 2.35. The van der Waals surface area contributed by atoms with Crippen LogP contribution in [0.1, 0.15) is 23.7 Å². The molecule has 0 spiro atoms. The summed E-state index contributed by atoms with van der Waals surface area (Å²) in [5.74, 6) is -0.264. The van der Waals surface area contributed by atoms with Crippen LogP contribution in [0.5, 0.6) is 5.75 Å². The number of halogens is 2. The minimum atomic E-state index is -0.576. The fraction of sp³-hybridized carbons (Fsp3) is 0.353. The zero-order chi connectivity index (χ0) is 16.4. The molecular weight excluding hydrogens is 302 g/mol. The molecule has 0 aliphatic carbocycles. The lowest BCUT2D eigenvalue weighted by Gasteiger charge is -2.24. The molecule has 1 fully saturated rings. The minimum absolute atomic E-state index is 0.268. The summed E-state index contributed by atoms with van der Waals surface area (Å²) in [4.78, 5) is 6.18. The second-order valence-corrected chi connectivity index (χ2v) is 5.69. The van der Waals surface area contributed by atoms with E-state index < -0.39 is 17.7 Å². The van der Waals surface area contributed by atoms with Crippen LogP contribution in [-0.4, -0.2) is 34.7 Å². The van der Waals surface area contributed by atoms with Gasteiger partial charge in [-0.15, -0.1) is 0 Å². The van der Waals surface area contributed by atoms with Crippen molar-refractivity contribution in [1.82, 2.24) is 9.88 Å². The van der Waals surface area contributed by atoms with E-state index in [1.807, 2.05) is 4.90 Å². The third kappa shape index (κ3) is 3.48. The molecule has 0 unspecified atom stereocenters. The molecule has 4 nitrogen and oxygen atoms in total. The van der Waals surface area contributed by atoms with Crippen molar-refractivity contribution in [2.75, 3.05) is 13.7 Å². The van der Waals surface area contributed by atoms with Crippen molar-refractivity contribution in [2.24, 2.45) is 0 Å². The van der Waals surface area contributed by atoms with E-state index in [0.717, 1.165) is 17.8 Å². The Labute approximate surface area is 133 Å². The number of aromatic nitrogens is 1. The molecule has 1 aliphatic rings. The van der Waals surface area contributed by atoms with Gasteiger partial charge in [0.2, 0.25) is 0 Å². The van der Waals surface area contributed by atoms with E-state index in [4.69, 9.17) is 4.74 Å². The van der Waals surface area contributed by atoms with Crippen LogP contribution in [0.15, 0.2) is 36.5 Å². The summed E-state index contributed by atoms with van der Waals surface area (Å²) < 4.78 is 32.7. The first-order valence-corrected chi connectivity index (χ1v) is 7.43. The monoisotopic (exact) mass is 320 g/mol.